The summed E-state index contributed by atoms with van der Waals surface area (Å²) >= 11 is 28.3. The molecule has 1 nitrogen and oxygen atoms in total. The van der Waals surface area contributed by atoms with E-state index in [0.29, 0.717) is 11.3 Å². The van der Waals surface area contributed by atoms with E-state index in [1.165, 1.54) is 6.20 Å². The Morgan fingerprint density at radius 3 is 2.23 bits per heavy atom. The van der Waals surface area contributed by atoms with Gasteiger partial charge in [0.05, 0.1) is 5.69 Å². The number of hydrogen-bond acceptors (Lipinski definition) is 1. The Kier molecular flexibility index (Phi) is 3.96. The summed E-state index contributed by atoms with van der Waals surface area (Å²) in [5, 5.41) is 0. The van der Waals surface area contributed by atoms with Gasteiger partial charge in [-0.3, -0.25) is 4.98 Å². The molecule has 0 aliphatic heterocycles. The molecule has 0 aliphatic carbocycles. The highest BCUT2D eigenvalue weighted by atomic mass is 35.6. The van der Waals surface area contributed by atoms with Crippen LogP contribution in [0.4, 0.5) is 0 Å². The molecule has 0 saturated carbocycles. The van der Waals surface area contributed by atoms with E-state index in [2.05, 4.69) is 4.98 Å². The second-order valence-electron chi connectivity index (χ2n) is 2.23. The molecule has 72 valence electrons. The van der Waals surface area contributed by atoms with Crippen molar-refractivity contribution in [1.29, 1.82) is 0 Å². The molecule has 0 radical (unpaired) electrons. The summed E-state index contributed by atoms with van der Waals surface area (Å²) in [5.41, 5.74) is 0.765. The van der Waals surface area contributed by atoms with E-state index >= 15 is 0 Å². The molecule has 0 aromatic carbocycles. The topological polar surface area (TPSA) is 12.9 Å². The Balaban J connectivity index is 3.20. The van der Waals surface area contributed by atoms with E-state index in [4.69, 9.17) is 58.0 Å². The third kappa shape index (κ3) is 3.03. The smallest absolute Gasteiger partial charge is 0.217 e. The van der Waals surface area contributed by atoms with Gasteiger partial charge in [0.25, 0.3) is 0 Å². The molecule has 0 atom stereocenters. The van der Waals surface area contributed by atoms with Gasteiger partial charge >= 0.3 is 0 Å². The summed E-state index contributed by atoms with van der Waals surface area (Å²) in [7, 11) is 0. The number of hydrogen-bond donors (Lipinski definition) is 0. The highest BCUT2D eigenvalue weighted by Gasteiger charge is 2.28. The predicted octanol–water partition coefficient (Wildman–Crippen LogP) is 4.38. The van der Waals surface area contributed by atoms with E-state index in [1.54, 1.807) is 12.1 Å². The first-order valence-electron chi connectivity index (χ1n) is 3.23. The van der Waals surface area contributed by atoms with Crippen LogP contribution in [-0.4, -0.2) is 4.98 Å². The lowest BCUT2D eigenvalue weighted by atomic mass is 10.2. The van der Waals surface area contributed by atoms with Gasteiger partial charge < -0.3 is 0 Å². The Hall–Kier alpha value is 0.600. The average molecular weight is 279 g/mol. The maximum Gasteiger partial charge on any atom is 0.217 e. The Labute approximate surface area is 101 Å². The number of halogens is 5. The van der Waals surface area contributed by atoms with Crippen molar-refractivity contribution in [3.8, 4) is 0 Å². The normalized spacial score (nSPS) is 12.2. The molecule has 1 aromatic rings. The summed E-state index contributed by atoms with van der Waals surface area (Å²) in [6, 6.07) is 3.27. The zero-order valence-corrected chi connectivity index (χ0v) is 9.93. The van der Waals surface area contributed by atoms with E-state index in [9.17, 15) is 0 Å². The van der Waals surface area contributed by atoms with Gasteiger partial charge in [-0.1, -0.05) is 64.1 Å². The van der Waals surface area contributed by atoms with Crippen molar-refractivity contribution in [3.05, 3.63) is 29.6 Å². The summed E-state index contributed by atoms with van der Waals surface area (Å²) in [5.74, 6) is 0. The first-order chi connectivity index (χ1) is 5.93. The molecule has 6 heteroatoms. The van der Waals surface area contributed by atoms with Crippen LogP contribution in [-0.2, 0) is 3.79 Å². The summed E-state index contributed by atoms with van der Waals surface area (Å²) in [6.45, 7) is 0. The average Bonchev–Trinajstić information content (AvgIpc) is 2.03. The van der Waals surface area contributed by atoms with Gasteiger partial charge in [-0.15, -0.1) is 0 Å². The molecule has 1 heterocycles. The van der Waals surface area contributed by atoms with Crippen LogP contribution in [0.2, 0.25) is 0 Å². The van der Waals surface area contributed by atoms with Crippen LogP contribution >= 0.6 is 58.0 Å². The molecule has 0 amide bonds. The third-order valence-corrected chi connectivity index (χ3v) is 2.37. The van der Waals surface area contributed by atoms with Crippen LogP contribution in [0.1, 0.15) is 16.1 Å². The molecule has 1 aromatic heterocycles. The fraction of sp³-hybridized carbons (Fsp3) is 0.286. The fourth-order valence-corrected chi connectivity index (χ4v) is 1.66. The predicted molar refractivity (Wildman–Crippen MR) is 57.9 cm³/mol. The SMILES string of the molecule is ClC(Cl)c1ncccc1C(Cl)(Cl)Cl. The van der Waals surface area contributed by atoms with Crippen LogP contribution in [0.15, 0.2) is 18.3 Å². The molecule has 0 unspecified atom stereocenters. The lowest BCUT2D eigenvalue weighted by Gasteiger charge is -2.15. The Morgan fingerprint density at radius 2 is 1.85 bits per heavy atom. The molecule has 13 heavy (non-hydrogen) atoms. The summed E-state index contributed by atoms with van der Waals surface area (Å²) < 4.78 is -1.55. The van der Waals surface area contributed by atoms with Crippen molar-refractivity contribution >= 4 is 58.0 Å². The van der Waals surface area contributed by atoms with Gasteiger partial charge in [0, 0.05) is 11.8 Å². The largest absolute Gasteiger partial charge is 0.258 e. The van der Waals surface area contributed by atoms with Crippen molar-refractivity contribution in [2.45, 2.75) is 8.63 Å². The Morgan fingerprint density at radius 1 is 1.23 bits per heavy atom. The van der Waals surface area contributed by atoms with Gasteiger partial charge in [-0.05, 0) is 6.07 Å². The van der Waals surface area contributed by atoms with E-state index < -0.39 is 8.63 Å². The number of nitrogens with zero attached hydrogens (tertiary/aromatic N) is 1. The molecule has 0 aliphatic rings. The zero-order chi connectivity index (χ0) is 10.1. The van der Waals surface area contributed by atoms with Crippen LogP contribution in [0.5, 0.6) is 0 Å². The lowest BCUT2D eigenvalue weighted by Crippen LogP contribution is -2.06. The first-order valence-corrected chi connectivity index (χ1v) is 5.24. The molecule has 1 rings (SSSR count). The lowest BCUT2D eigenvalue weighted by molar-refractivity contribution is 1.05. The van der Waals surface area contributed by atoms with Crippen molar-refractivity contribution in [3.63, 3.8) is 0 Å². The number of rotatable bonds is 1. The summed E-state index contributed by atoms with van der Waals surface area (Å²) in [4.78, 5) is 3.13. The van der Waals surface area contributed by atoms with Crippen molar-refractivity contribution in [2.24, 2.45) is 0 Å². The minimum absolute atomic E-state index is 0.367. The van der Waals surface area contributed by atoms with E-state index in [0.717, 1.165) is 0 Å². The molecule has 0 saturated heterocycles. The quantitative estimate of drug-likeness (QED) is 0.695. The fourth-order valence-electron chi connectivity index (χ4n) is 0.831. The standard InChI is InChI=1S/C7H4Cl5N/c8-6(9)5-4(7(10,11)12)2-1-3-13-5/h1-3,6H. The van der Waals surface area contributed by atoms with Crippen LogP contribution in [0.3, 0.4) is 0 Å². The van der Waals surface area contributed by atoms with Gasteiger partial charge in [0.15, 0.2) is 0 Å². The minimum Gasteiger partial charge on any atom is -0.258 e. The van der Waals surface area contributed by atoms with Gasteiger partial charge in [-0.25, -0.2) is 0 Å². The molecule has 0 bridgehead atoms. The molecular weight excluding hydrogens is 275 g/mol. The van der Waals surface area contributed by atoms with E-state index in [1.807, 2.05) is 0 Å². The molecular formula is C7H4Cl5N. The second-order valence-corrected chi connectivity index (χ2v) is 5.61. The van der Waals surface area contributed by atoms with Gasteiger partial charge in [0.1, 0.15) is 4.84 Å². The second kappa shape index (κ2) is 4.41. The highest BCUT2D eigenvalue weighted by molar-refractivity contribution is 6.66. The minimum atomic E-state index is -1.55. The Bertz CT molecular complexity index is 293. The third-order valence-electron chi connectivity index (χ3n) is 1.35. The van der Waals surface area contributed by atoms with Crippen molar-refractivity contribution in [1.82, 2.24) is 4.98 Å². The zero-order valence-electron chi connectivity index (χ0n) is 6.15. The molecule has 0 fully saturated rings. The summed E-state index contributed by atoms with van der Waals surface area (Å²) in [6.07, 6.45) is 1.53. The molecule has 0 N–H and O–H groups in total. The van der Waals surface area contributed by atoms with Gasteiger partial charge in [-0.2, -0.15) is 0 Å². The first kappa shape index (κ1) is 11.7. The van der Waals surface area contributed by atoms with Crippen molar-refractivity contribution < 1.29 is 0 Å². The maximum absolute atomic E-state index is 5.68. The van der Waals surface area contributed by atoms with Gasteiger partial charge in [0.2, 0.25) is 3.79 Å². The van der Waals surface area contributed by atoms with Crippen LogP contribution in [0, 0.1) is 0 Å². The van der Waals surface area contributed by atoms with Crippen molar-refractivity contribution in [2.75, 3.05) is 0 Å². The number of pyridine rings is 1. The monoisotopic (exact) mass is 277 g/mol. The highest BCUT2D eigenvalue weighted by Crippen LogP contribution is 2.42. The van der Waals surface area contributed by atoms with Crippen LogP contribution in [0.25, 0.3) is 0 Å². The van der Waals surface area contributed by atoms with E-state index in [-0.39, 0.29) is 0 Å². The van der Waals surface area contributed by atoms with Crippen LogP contribution < -0.4 is 0 Å². The number of alkyl halides is 5. The maximum atomic E-state index is 5.68. The molecule has 0 spiro atoms. The number of aromatic nitrogens is 1.